The summed E-state index contributed by atoms with van der Waals surface area (Å²) in [6.07, 6.45) is 9.28. The van der Waals surface area contributed by atoms with E-state index in [0.717, 1.165) is 43.2 Å². The second kappa shape index (κ2) is 15.5. The van der Waals surface area contributed by atoms with Crippen LogP contribution < -0.4 is 16.0 Å². The van der Waals surface area contributed by atoms with Crippen molar-refractivity contribution in [2.24, 2.45) is 4.99 Å². The highest BCUT2D eigenvalue weighted by Gasteiger charge is 2.13. The number of ether oxygens (including phenoxy) is 1. The predicted octanol–water partition coefficient (Wildman–Crippen LogP) is 4.45. The predicted molar refractivity (Wildman–Crippen MR) is 131 cm³/mol. The quantitative estimate of drug-likeness (QED) is 0.186. The van der Waals surface area contributed by atoms with Gasteiger partial charge in [0.15, 0.2) is 5.96 Å². The first kappa shape index (κ1) is 25.7. The van der Waals surface area contributed by atoms with Crippen LogP contribution >= 0.6 is 24.0 Å². The molecule has 0 heterocycles. The average molecular weight is 516 g/mol. The lowest BCUT2D eigenvalue weighted by atomic mass is 9.98. The van der Waals surface area contributed by atoms with Gasteiger partial charge in [-0.3, -0.25) is 9.79 Å². The van der Waals surface area contributed by atoms with Crippen LogP contribution in [0.4, 0.5) is 5.69 Å². The van der Waals surface area contributed by atoms with Crippen molar-refractivity contribution in [2.75, 3.05) is 25.5 Å². The monoisotopic (exact) mass is 516 g/mol. The van der Waals surface area contributed by atoms with Crippen molar-refractivity contribution in [3.63, 3.8) is 0 Å². The summed E-state index contributed by atoms with van der Waals surface area (Å²) in [5, 5.41) is 9.55. The Kier molecular flexibility index (Phi) is 13.7. The second-order valence-electron chi connectivity index (χ2n) is 7.33. The smallest absolute Gasteiger partial charge is 0.224 e. The summed E-state index contributed by atoms with van der Waals surface area (Å²) in [7, 11) is 1.78. The minimum absolute atomic E-state index is 0. The number of hydrogen-bond acceptors (Lipinski definition) is 3. The van der Waals surface area contributed by atoms with Crippen LogP contribution in [0.15, 0.2) is 29.3 Å². The Balaban J connectivity index is 0.00000420. The molecule has 0 atom stereocenters. The number of nitrogens with zero attached hydrogens (tertiary/aromatic N) is 1. The van der Waals surface area contributed by atoms with Gasteiger partial charge in [-0.2, -0.15) is 0 Å². The molecule has 0 spiro atoms. The molecule has 1 fully saturated rings. The van der Waals surface area contributed by atoms with Crippen molar-refractivity contribution in [1.82, 2.24) is 10.6 Å². The molecular weight excluding hydrogens is 479 g/mol. The fourth-order valence-corrected chi connectivity index (χ4v) is 3.32. The van der Waals surface area contributed by atoms with Gasteiger partial charge in [0.1, 0.15) is 0 Å². The number of rotatable bonds is 10. The zero-order valence-corrected chi connectivity index (χ0v) is 20.2. The van der Waals surface area contributed by atoms with E-state index in [2.05, 4.69) is 20.9 Å². The zero-order valence-electron chi connectivity index (χ0n) is 17.8. The van der Waals surface area contributed by atoms with Gasteiger partial charge in [0.25, 0.3) is 0 Å². The first-order chi connectivity index (χ1) is 13.7. The van der Waals surface area contributed by atoms with Gasteiger partial charge in [-0.1, -0.05) is 38.3 Å². The third-order valence-electron chi connectivity index (χ3n) is 4.92. The van der Waals surface area contributed by atoms with E-state index in [9.17, 15) is 4.79 Å². The van der Waals surface area contributed by atoms with Crippen LogP contribution in [0, 0.1) is 0 Å². The molecule has 1 amide bonds. The number of nitrogens with one attached hydrogen (secondary N) is 3. The summed E-state index contributed by atoms with van der Waals surface area (Å²) in [5.74, 6) is 0.850. The number of halogens is 1. The van der Waals surface area contributed by atoms with E-state index < -0.39 is 0 Å². The Labute approximate surface area is 192 Å². The number of carbonyl (C=O) groups excluding carboxylic acids is 1. The highest BCUT2D eigenvalue weighted by molar-refractivity contribution is 14.0. The van der Waals surface area contributed by atoms with Crippen molar-refractivity contribution >= 4 is 41.5 Å². The Morgan fingerprint density at radius 2 is 1.86 bits per heavy atom. The van der Waals surface area contributed by atoms with Gasteiger partial charge in [-0.15, -0.1) is 24.0 Å². The largest absolute Gasteiger partial charge is 0.378 e. The molecule has 1 aliphatic carbocycles. The number of guanidine groups is 1. The van der Waals surface area contributed by atoms with Gasteiger partial charge in [-0.25, -0.2) is 0 Å². The average Bonchev–Trinajstić information content (AvgIpc) is 2.72. The Morgan fingerprint density at radius 3 is 2.52 bits per heavy atom. The van der Waals surface area contributed by atoms with Crippen LogP contribution in [0.5, 0.6) is 0 Å². The molecular formula is C22H37IN4O2. The van der Waals surface area contributed by atoms with Crippen LogP contribution in [0.2, 0.25) is 0 Å². The van der Waals surface area contributed by atoms with Crippen LogP contribution in [0.3, 0.4) is 0 Å². The molecule has 0 bridgehead atoms. The summed E-state index contributed by atoms with van der Waals surface area (Å²) >= 11 is 0. The fraction of sp³-hybridized carbons (Fsp3) is 0.636. The number of hydrogen-bond donors (Lipinski definition) is 3. The molecule has 6 nitrogen and oxygen atoms in total. The van der Waals surface area contributed by atoms with Crippen LogP contribution in [-0.4, -0.2) is 38.2 Å². The number of anilines is 1. The first-order valence-corrected chi connectivity index (χ1v) is 10.7. The Morgan fingerprint density at radius 1 is 1.14 bits per heavy atom. The summed E-state index contributed by atoms with van der Waals surface area (Å²) in [4.78, 5) is 15.9. The van der Waals surface area contributed by atoms with Crippen molar-refractivity contribution in [2.45, 2.75) is 70.9 Å². The van der Waals surface area contributed by atoms with Gasteiger partial charge in [-0.05, 0) is 43.4 Å². The molecule has 2 rings (SSSR count). The summed E-state index contributed by atoms with van der Waals surface area (Å²) in [5.41, 5.74) is 1.97. The van der Waals surface area contributed by atoms with Crippen LogP contribution in [-0.2, 0) is 16.1 Å². The molecule has 0 saturated heterocycles. The molecule has 7 heteroatoms. The number of amides is 1. The number of benzene rings is 1. The van der Waals surface area contributed by atoms with E-state index in [1.165, 1.54) is 32.1 Å². The highest BCUT2D eigenvalue weighted by Crippen LogP contribution is 2.20. The molecule has 0 unspecified atom stereocenters. The van der Waals surface area contributed by atoms with Gasteiger partial charge in [0.05, 0.1) is 6.10 Å². The molecule has 1 aromatic carbocycles. The Hall–Kier alpha value is -1.35. The highest BCUT2D eigenvalue weighted by atomic mass is 127. The minimum atomic E-state index is 0. The zero-order chi connectivity index (χ0) is 20.0. The third-order valence-corrected chi connectivity index (χ3v) is 4.92. The van der Waals surface area contributed by atoms with Gasteiger partial charge in [0.2, 0.25) is 5.91 Å². The molecule has 0 aromatic heterocycles. The van der Waals surface area contributed by atoms with Gasteiger partial charge < -0.3 is 20.7 Å². The third kappa shape index (κ3) is 10.8. The van der Waals surface area contributed by atoms with Gasteiger partial charge in [0, 0.05) is 38.9 Å². The van der Waals surface area contributed by atoms with E-state index in [4.69, 9.17) is 4.74 Å². The SMILES string of the molecule is CCCC(=O)Nc1ccc(CNC(=NC)NCCCOC2CCCCC2)cc1.I. The molecule has 0 aliphatic heterocycles. The molecule has 29 heavy (non-hydrogen) atoms. The van der Waals surface area contributed by atoms with Crippen molar-refractivity contribution in [3.8, 4) is 0 Å². The fourth-order valence-electron chi connectivity index (χ4n) is 3.32. The Bertz CT molecular complexity index is 601. The minimum Gasteiger partial charge on any atom is -0.378 e. The van der Waals surface area contributed by atoms with E-state index >= 15 is 0 Å². The van der Waals surface area contributed by atoms with Crippen molar-refractivity contribution < 1.29 is 9.53 Å². The maximum Gasteiger partial charge on any atom is 0.224 e. The normalized spacial score (nSPS) is 14.8. The van der Waals surface area contributed by atoms with E-state index in [0.29, 0.717) is 19.1 Å². The summed E-state index contributed by atoms with van der Waals surface area (Å²) < 4.78 is 5.95. The van der Waals surface area contributed by atoms with E-state index in [1.807, 2.05) is 31.2 Å². The second-order valence-corrected chi connectivity index (χ2v) is 7.33. The molecule has 3 N–H and O–H groups in total. The molecule has 1 aliphatic rings. The molecule has 1 aromatic rings. The lowest BCUT2D eigenvalue weighted by Gasteiger charge is -2.22. The van der Waals surface area contributed by atoms with E-state index in [1.54, 1.807) is 7.05 Å². The maximum atomic E-state index is 11.6. The van der Waals surface area contributed by atoms with Crippen LogP contribution in [0.1, 0.15) is 63.9 Å². The molecule has 1 saturated carbocycles. The summed E-state index contributed by atoms with van der Waals surface area (Å²) in [6, 6.07) is 7.90. The van der Waals surface area contributed by atoms with Crippen molar-refractivity contribution in [1.29, 1.82) is 0 Å². The van der Waals surface area contributed by atoms with Gasteiger partial charge >= 0.3 is 0 Å². The standard InChI is InChI=1S/C22H36N4O2.HI/c1-3-8-21(27)26-19-13-11-18(12-14-19)17-25-22(23-2)24-15-7-16-28-20-9-5-4-6-10-20;/h11-14,20H,3-10,15-17H2,1-2H3,(H,26,27)(H2,23,24,25);1H. The molecule has 164 valence electrons. The van der Waals surface area contributed by atoms with E-state index in [-0.39, 0.29) is 29.9 Å². The first-order valence-electron chi connectivity index (χ1n) is 10.7. The lowest BCUT2D eigenvalue weighted by Crippen LogP contribution is -2.37. The number of aliphatic imine (C=N–C) groups is 1. The maximum absolute atomic E-state index is 11.6. The topological polar surface area (TPSA) is 74.8 Å². The number of carbonyl (C=O) groups is 1. The van der Waals surface area contributed by atoms with Crippen LogP contribution in [0.25, 0.3) is 0 Å². The lowest BCUT2D eigenvalue weighted by molar-refractivity contribution is -0.116. The molecule has 0 radical (unpaired) electrons. The summed E-state index contributed by atoms with van der Waals surface area (Å²) in [6.45, 7) is 4.33. The van der Waals surface area contributed by atoms with Crippen molar-refractivity contribution in [3.05, 3.63) is 29.8 Å².